The van der Waals surface area contributed by atoms with Crippen LogP contribution in [0.5, 0.6) is 0 Å². The minimum atomic E-state index is -1.10. The second-order valence-corrected chi connectivity index (χ2v) is 2.44. The number of carboxylic acids is 1. The summed E-state index contributed by atoms with van der Waals surface area (Å²) in [4.78, 5) is 17.0. The van der Waals surface area contributed by atoms with Gasteiger partial charge in [0.2, 0.25) is 0 Å². The Morgan fingerprint density at radius 1 is 1.92 bits per heavy atom. The Morgan fingerprint density at radius 2 is 2.67 bits per heavy atom. The van der Waals surface area contributed by atoms with Gasteiger partial charge in [0.25, 0.3) is 0 Å². The van der Waals surface area contributed by atoms with E-state index in [1.807, 2.05) is 0 Å². The number of carboxylic acid groups (broad SMARTS) is 1. The molecule has 0 bridgehead atoms. The predicted octanol–water partition coefficient (Wildman–Crippen LogP) is -1.71. The molecule has 0 saturated heterocycles. The van der Waals surface area contributed by atoms with Gasteiger partial charge in [0.05, 0.1) is 18.3 Å². The van der Waals surface area contributed by atoms with E-state index in [2.05, 4.69) is 15.3 Å². The number of nitrogens with zero attached hydrogens (tertiary/aromatic N) is 1. The van der Waals surface area contributed by atoms with Crippen molar-refractivity contribution in [1.29, 1.82) is 0 Å². The smallest absolute Gasteiger partial charge is 0.0921 e. The first-order valence-electron chi connectivity index (χ1n) is 3.59. The number of aromatic nitrogens is 2. The van der Waals surface area contributed by atoms with Crippen LogP contribution in [0.4, 0.5) is 0 Å². The van der Waals surface area contributed by atoms with Crippen LogP contribution in [0.15, 0.2) is 12.5 Å². The van der Waals surface area contributed by atoms with Crippen molar-refractivity contribution in [2.45, 2.75) is 12.5 Å². The lowest BCUT2D eigenvalue weighted by Gasteiger charge is -2.15. The largest absolute Gasteiger partial charge is 0.548 e. The molecule has 12 heavy (non-hydrogen) atoms. The highest BCUT2D eigenvalue weighted by atomic mass is 16.4. The van der Waals surface area contributed by atoms with E-state index < -0.39 is 12.0 Å². The van der Waals surface area contributed by atoms with Crippen molar-refractivity contribution in [3.8, 4) is 0 Å². The van der Waals surface area contributed by atoms with Crippen molar-refractivity contribution in [1.82, 2.24) is 15.3 Å². The van der Waals surface area contributed by atoms with Gasteiger partial charge < -0.3 is 20.2 Å². The van der Waals surface area contributed by atoms with Crippen LogP contribution in [0, 0.1) is 0 Å². The molecular formula is C7H10N3O2-. The van der Waals surface area contributed by atoms with Crippen molar-refractivity contribution in [3.63, 3.8) is 0 Å². The van der Waals surface area contributed by atoms with E-state index in [4.69, 9.17) is 0 Å². The maximum Gasteiger partial charge on any atom is 0.0921 e. The predicted molar refractivity (Wildman–Crippen MR) is 40.1 cm³/mol. The monoisotopic (exact) mass is 168 g/mol. The first-order valence-corrected chi connectivity index (χ1v) is 3.59. The first kappa shape index (κ1) is 8.73. The number of hydrogen-bond donors (Lipinski definition) is 2. The molecule has 1 aromatic heterocycles. The molecule has 5 heteroatoms. The van der Waals surface area contributed by atoms with E-state index in [1.54, 1.807) is 13.2 Å². The maximum atomic E-state index is 10.4. The molecular weight excluding hydrogens is 158 g/mol. The first-order chi connectivity index (χ1) is 5.74. The highest BCUT2D eigenvalue weighted by Crippen LogP contribution is 1.96. The number of nitrogens with one attached hydrogen (secondary N) is 2. The Balaban J connectivity index is 2.54. The van der Waals surface area contributed by atoms with Gasteiger partial charge in [0.1, 0.15) is 0 Å². The summed E-state index contributed by atoms with van der Waals surface area (Å²) >= 11 is 0. The average Bonchev–Trinajstić information content (AvgIpc) is 2.51. The Hall–Kier alpha value is -1.36. The molecule has 1 atom stereocenters. The third-order valence-corrected chi connectivity index (χ3v) is 1.61. The van der Waals surface area contributed by atoms with Gasteiger partial charge >= 0.3 is 0 Å². The van der Waals surface area contributed by atoms with E-state index in [9.17, 15) is 9.90 Å². The molecule has 0 aliphatic heterocycles. The normalized spacial score (nSPS) is 12.8. The molecule has 0 aromatic carbocycles. The number of aromatic amines is 1. The minimum Gasteiger partial charge on any atom is -0.548 e. The molecule has 0 aliphatic carbocycles. The van der Waals surface area contributed by atoms with Crippen LogP contribution in [-0.2, 0) is 11.2 Å². The number of hydrogen-bond acceptors (Lipinski definition) is 4. The third-order valence-electron chi connectivity index (χ3n) is 1.61. The number of carbonyl (C=O) groups is 1. The topological polar surface area (TPSA) is 80.8 Å². The summed E-state index contributed by atoms with van der Waals surface area (Å²) < 4.78 is 0. The highest BCUT2D eigenvalue weighted by molar-refractivity contribution is 5.71. The lowest BCUT2D eigenvalue weighted by Crippen LogP contribution is -2.45. The van der Waals surface area contributed by atoms with Crippen LogP contribution in [0.1, 0.15) is 5.69 Å². The van der Waals surface area contributed by atoms with Crippen molar-refractivity contribution in [3.05, 3.63) is 18.2 Å². The summed E-state index contributed by atoms with van der Waals surface area (Å²) in [5, 5.41) is 13.1. The van der Waals surface area contributed by atoms with Crippen molar-refractivity contribution >= 4 is 5.97 Å². The Morgan fingerprint density at radius 3 is 3.08 bits per heavy atom. The van der Waals surface area contributed by atoms with Crippen LogP contribution < -0.4 is 10.4 Å². The summed E-state index contributed by atoms with van der Waals surface area (Å²) in [7, 11) is 1.58. The summed E-state index contributed by atoms with van der Waals surface area (Å²) in [5.41, 5.74) is 0.776. The molecule has 1 heterocycles. The van der Waals surface area contributed by atoms with Gasteiger partial charge in [-0.15, -0.1) is 0 Å². The summed E-state index contributed by atoms with van der Waals surface area (Å²) in [6.07, 6.45) is 3.46. The number of imidazole rings is 1. The summed E-state index contributed by atoms with van der Waals surface area (Å²) in [6, 6.07) is -0.662. The molecule has 2 N–H and O–H groups in total. The average molecular weight is 168 g/mol. The standard InChI is InChI=1S/C7H11N3O2/c1-8-6(7(11)12)2-5-3-9-4-10-5/h3-4,6,8H,2H2,1H3,(H,9,10)(H,11,12)/p-1/t6-/m0/s1. The van der Waals surface area contributed by atoms with E-state index in [0.717, 1.165) is 5.69 Å². The van der Waals surface area contributed by atoms with E-state index >= 15 is 0 Å². The number of carbonyl (C=O) groups excluding carboxylic acids is 1. The van der Waals surface area contributed by atoms with Gasteiger partial charge in [-0.05, 0) is 7.05 Å². The van der Waals surface area contributed by atoms with Crippen LogP contribution in [-0.4, -0.2) is 29.0 Å². The highest BCUT2D eigenvalue weighted by Gasteiger charge is 2.07. The number of rotatable bonds is 4. The Labute approximate surface area is 69.8 Å². The summed E-state index contributed by atoms with van der Waals surface area (Å²) in [6.45, 7) is 0. The van der Waals surface area contributed by atoms with Crippen LogP contribution in [0.3, 0.4) is 0 Å². The quantitative estimate of drug-likeness (QED) is 0.561. The molecule has 0 amide bonds. The molecule has 0 radical (unpaired) electrons. The lowest BCUT2D eigenvalue weighted by molar-refractivity contribution is -0.308. The summed E-state index contributed by atoms with van der Waals surface area (Å²) in [5.74, 6) is -1.10. The minimum absolute atomic E-state index is 0.360. The zero-order valence-corrected chi connectivity index (χ0v) is 6.70. The van der Waals surface area contributed by atoms with Crippen molar-refractivity contribution < 1.29 is 9.90 Å². The van der Waals surface area contributed by atoms with Gasteiger partial charge in [-0.25, -0.2) is 4.98 Å². The fourth-order valence-corrected chi connectivity index (χ4v) is 0.919. The maximum absolute atomic E-state index is 10.4. The van der Waals surface area contributed by atoms with Gasteiger partial charge in [-0.2, -0.15) is 0 Å². The second kappa shape index (κ2) is 3.87. The molecule has 5 nitrogen and oxygen atoms in total. The fourth-order valence-electron chi connectivity index (χ4n) is 0.919. The van der Waals surface area contributed by atoms with Crippen molar-refractivity contribution in [2.75, 3.05) is 7.05 Å². The molecule has 0 fully saturated rings. The number of likely N-dealkylation sites (N-methyl/N-ethyl adjacent to an activating group) is 1. The molecule has 0 spiro atoms. The molecule has 1 aromatic rings. The van der Waals surface area contributed by atoms with Gasteiger partial charge in [-0.1, -0.05) is 0 Å². The number of H-pyrrole nitrogens is 1. The second-order valence-electron chi connectivity index (χ2n) is 2.44. The van der Waals surface area contributed by atoms with Gasteiger partial charge in [0, 0.05) is 18.3 Å². The fraction of sp³-hybridized carbons (Fsp3) is 0.429. The van der Waals surface area contributed by atoms with Gasteiger partial charge in [-0.3, -0.25) is 0 Å². The van der Waals surface area contributed by atoms with Crippen LogP contribution in [0.25, 0.3) is 0 Å². The Bertz CT molecular complexity index is 245. The van der Waals surface area contributed by atoms with Gasteiger partial charge in [0.15, 0.2) is 0 Å². The molecule has 66 valence electrons. The Kier molecular flexibility index (Phi) is 2.82. The molecule has 0 aliphatic rings. The van der Waals surface area contributed by atoms with E-state index in [1.165, 1.54) is 6.33 Å². The van der Waals surface area contributed by atoms with E-state index in [-0.39, 0.29) is 0 Å². The van der Waals surface area contributed by atoms with E-state index in [0.29, 0.717) is 6.42 Å². The van der Waals surface area contributed by atoms with Crippen LogP contribution >= 0.6 is 0 Å². The SMILES string of the molecule is CN[C@@H](Cc1cnc[nH]1)C(=O)[O-]. The lowest BCUT2D eigenvalue weighted by atomic mass is 10.2. The zero-order chi connectivity index (χ0) is 8.97. The molecule has 0 unspecified atom stereocenters. The third kappa shape index (κ3) is 2.06. The van der Waals surface area contributed by atoms with Crippen molar-refractivity contribution in [2.24, 2.45) is 0 Å². The molecule has 0 saturated carbocycles. The zero-order valence-electron chi connectivity index (χ0n) is 6.70. The molecule has 1 rings (SSSR count). The van der Waals surface area contributed by atoms with Crippen LogP contribution in [0.2, 0.25) is 0 Å². The number of aliphatic carboxylic acids is 1.